The minimum Gasteiger partial charge on any atom is -0.393 e. The van der Waals surface area contributed by atoms with Gasteiger partial charge < -0.3 is 9.84 Å². The van der Waals surface area contributed by atoms with Crippen LogP contribution in [0.1, 0.15) is 37.0 Å². The number of halogens is 1. The van der Waals surface area contributed by atoms with Crippen molar-refractivity contribution in [3.63, 3.8) is 0 Å². The molecule has 0 amide bonds. The second-order valence-electron chi connectivity index (χ2n) is 4.63. The van der Waals surface area contributed by atoms with E-state index in [1.165, 1.54) is 12.8 Å². The van der Waals surface area contributed by atoms with Crippen molar-refractivity contribution in [2.45, 2.75) is 50.7 Å². The van der Waals surface area contributed by atoms with E-state index in [1.807, 2.05) is 12.1 Å². The zero-order valence-electron chi connectivity index (χ0n) is 9.90. The molecule has 0 bridgehead atoms. The minimum atomic E-state index is -0.268. The van der Waals surface area contributed by atoms with E-state index in [0.717, 1.165) is 35.1 Å². The molecule has 0 spiro atoms. The Morgan fingerprint density at radius 3 is 3.00 bits per heavy atom. The topological polar surface area (TPSA) is 29.5 Å². The number of aliphatic hydroxyl groups is 1. The van der Waals surface area contributed by atoms with E-state index in [4.69, 9.17) is 16.3 Å². The van der Waals surface area contributed by atoms with Gasteiger partial charge in [0.2, 0.25) is 0 Å². The molecule has 1 saturated heterocycles. The lowest BCUT2D eigenvalue weighted by atomic mass is 10.0. The molecule has 2 rings (SSSR count). The number of hydrogen-bond acceptors (Lipinski definition) is 3. The summed E-state index contributed by atoms with van der Waals surface area (Å²) in [5.41, 5.74) is 0. The van der Waals surface area contributed by atoms with Gasteiger partial charge in [-0.1, -0.05) is 11.6 Å². The van der Waals surface area contributed by atoms with Crippen LogP contribution in [0, 0.1) is 0 Å². The van der Waals surface area contributed by atoms with Crippen LogP contribution < -0.4 is 0 Å². The number of rotatable bonds is 5. The first kappa shape index (κ1) is 13.3. The standard InChI is InChI=1S/C13H19ClO2S/c14-13-7-6-12(17-13)9-10(15)4-5-11-3-1-2-8-16-11/h6-7,10-11,15H,1-5,8-9H2. The molecule has 0 aromatic carbocycles. The number of ether oxygens (including phenoxy) is 1. The predicted octanol–water partition coefficient (Wildman–Crippen LogP) is 3.65. The molecule has 2 heterocycles. The molecule has 1 fully saturated rings. The van der Waals surface area contributed by atoms with Crippen LogP contribution in [0.3, 0.4) is 0 Å². The first-order valence-electron chi connectivity index (χ1n) is 6.28. The summed E-state index contributed by atoms with van der Waals surface area (Å²) in [5.74, 6) is 0. The van der Waals surface area contributed by atoms with Crippen LogP contribution in [0.2, 0.25) is 4.34 Å². The van der Waals surface area contributed by atoms with E-state index in [2.05, 4.69) is 0 Å². The molecule has 96 valence electrons. The smallest absolute Gasteiger partial charge is 0.0931 e. The highest BCUT2D eigenvalue weighted by Gasteiger charge is 2.16. The van der Waals surface area contributed by atoms with Crippen LogP contribution in [0.25, 0.3) is 0 Å². The number of aliphatic hydroxyl groups excluding tert-OH is 1. The van der Waals surface area contributed by atoms with Crippen LogP contribution in [0.4, 0.5) is 0 Å². The van der Waals surface area contributed by atoms with E-state index in [0.29, 0.717) is 12.5 Å². The van der Waals surface area contributed by atoms with E-state index in [1.54, 1.807) is 11.3 Å². The molecular formula is C13H19ClO2S. The highest BCUT2D eigenvalue weighted by molar-refractivity contribution is 7.16. The van der Waals surface area contributed by atoms with Gasteiger partial charge in [-0.05, 0) is 44.2 Å². The summed E-state index contributed by atoms with van der Waals surface area (Å²) in [5, 5.41) is 9.95. The first-order valence-corrected chi connectivity index (χ1v) is 7.47. The summed E-state index contributed by atoms with van der Waals surface area (Å²) in [6.45, 7) is 0.890. The lowest BCUT2D eigenvalue weighted by Gasteiger charge is -2.23. The summed E-state index contributed by atoms with van der Waals surface area (Å²) in [6, 6.07) is 3.88. The molecule has 17 heavy (non-hydrogen) atoms. The SMILES string of the molecule is OC(CCC1CCCCO1)Cc1ccc(Cl)s1. The number of hydrogen-bond donors (Lipinski definition) is 1. The van der Waals surface area contributed by atoms with E-state index in [9.17, 15) is 5.11 Å². The molecule has 2 unspecified atom stereocenters. The lowest BCUT2D eigenvalue weighted by molar-refractivity contribution is 0.00239. The minimum absolute atomic E-state index is 0.268. The summed E-state index contributed by atoms with van der Waals surface area (Å²) in [6.07, 6.45) is 6.21. The summed E-state index contributed by atoms with van der Waals surface area (Å²) < 4.78 is 6.45. The number of thiophene rings is 1. The monoisotopic (exact) mass is 274 g/mol. The quantitative estimate of drug-likeness (QED) is 0.888. The molecule has 1 aliphatic heterocycles. The average Bonchev–Trinajstić information content (AvgIpc) is 2.73. The van der Waals surface area contributed by atoms with Crippen molar-refractivity contribution < 1.29 is 9.84 Å². The highest BCUT2D eigenvalue weighted by Crippen LogP contribution is 2.24. The van der Waals surface area contributed by atoms with E-state index < -0.39 is 0 Å². The molecule has 1 aromatic rings. The van der Waals surface area contributed by atoms with Gasteiger partial charge in [-0.3, -0.25) is 0 Å². The van der Waals surface area contributed by atoms with Gasteiger partial charge >= 0.3 is 0 Å². The summed E-state index contributed by atoms with van der Waals surface area (Å²) >= 11 is 7.41. The van der Waals surface area contributed by atoms with Crippen LogP contribution >= 0.6 is 22.9 Å². The second kappa shape index (κ2) is 6.74. The Hall–Kier alpha value is -0.0900. The Bertz CT molecular complexity index is 334. The zero-order valence-corrected chi connectivity index (χ0v) is 11.5. The maximum atomic E-state index is 9.95. The molecule has 1 aliphatic rings. The molecule has 2 nitrogen and oxygen atoms in total. The predicted molar refractivity (Wildman–Crippen MR) is 71.9 cm³/mol. The van der Waals surface area contributed by atoms with Crippen LogP contribution in [-0.2, 0) is 11.2 Å². The average molecular weight is 275 g/mol. The largest absolute Gasteiger partial charge is 0.393 e. The third-order valence-electron chi connectivity index (χ3n) is 3.16. The molecule has 0 saturated carbocycles. The van der Waals surface area contributed by atoms with Gasteiger partial charge in [0.05, 0.1) is 16.5 Å². The van der Waals surface area contributed by atoms with E-state index >= 15 is 0 Å². The fraction of sp³-hybridized carbons (Fsp3) is 0.692. The van der Waals surface area contributed by atoms with Crippen molar-refractivity contribution in [1.82, 2.24) is 0 Å². The molecule has 0 radical (unpaired) electrons. The Morgan fingerprint density at radius 2 is 2.35 bits per heavy atom. The third-order valence-corrected chi connectivity index (χ3v) is 4.41. The maximum Gasteiger partial charge on any atom is 0.0931 e. The van der Waals surface area contributed by atoms with Crippen molar-refractivity contribution in [3.05, 3.63) is 21.3 Å². The van der Waals surface area contributed by atoms with Gasteiger partial charge in [-0.15, -0.1) is 11.3 Å². The van der Waals surface area contributed by atoms with Crippen molar-refractivity contribution in [1.29, 1.82) is 0 Å². The van der Waals surface area contributed by atoms with Crippen LogP contribution in [0.15, 0.2) is 12.1 Å². The van der Waals surface area contributed by atoms with Crippen molar-refractivity contribution >= 4 is 22.9 Å². The van der Waals surface area contributed by atoms with Crippen molar-refractivity contribution in [3.8, 4) is 0 Å². The molecule has 1 aromatic heterocycles. The molecular weight excluding hydrogens is 256 g/mol. The molecule has 0 aliphatic carbocycles. The normalized spacial score (nSPS) is 22.6. The molecule has 2 atom stereocenters. The Kier molecular flexibility index (Phi) is 5.29. The van der Waals surface area contributed by atoms with E-state index in [-0.39, 0.29) is 6.10 Å². The van der Waals surface area contributed by atoms with Gasteiger partial charge in [0.15, 0.2) is 0 Å². The van der Waals surface area contributed by atoms with Crippen LogP contribution in [-0.4, -0.2) is 23.9 Å². The van der Waals surface area contributed by atoms with Crippen LogP contribution in [0.5, 0.6) is 0 Å². The molecule has 4 heteroatoms. The Morgan fingerprint density at radius 1 is 1.47 bits per heavy atom. The Labute approximate surface area is 112 Å². The lowest BCUT2D eigenvalue weighted by Crippen LogP contribution is -2.21. The maximum absolute atomic E-state index is 9.95. The summed E-state index contributed by atoms with van der Waals surface area (Å²) in [4.78, 5) is 1.16. The van der Waals surface area contributed by atoms with Gasteiger partial charge in [-0.25, -0.2) is 0 Å². The third kappa shape index (κ3) is 4.59. The zero-order chi connectivity index (χ0) is 12.1. The summed E-state index contributed by atoms with van der Waals surface area (Å²) in [7, 11) is 0. The van der Waals surface area contributed by atoms with Gasteiger partial charge in [0.1, 0.15) is 0 Å². The fourth-order valence-corrected chi connectivity index (χ4v) is 3.37. The highest BCUT2D eigenvalue weighted by atomic mass is 35.5. The second-order valence-corrected chi connectivity index (χ2v) is 6.43. The van der Waals surface area contributed by atoms with Crippen molar-refractivity contribution in [2.24, 2.45) is 0 Å². The van der Waals surface area contributed by atoms with Crippen molar-refractivity contribution in [2.75, 3.05) is 6.61 Å². The Balaban J connectivity index is 1.68. The fourth-order valence-electron chi connectivity index (χ4n) is 2.21. The molecule has 1 N–H and O–H groups in total. The van der Waals surface area contributed by atoms with Gasteiger partial charge in [0, 0.05) is 17.9 Å². The first-order chi connectivity index (χ1) is 8.24. The van der Waals surface area contributed by atoms with Gasteiger partial charge in [-0.2, -0.15) is 0 Å². The van der Waals surface area contributed by atoms with Gasteiger partial charge in [0.25, 0.3) is 0 Å².